The summed E-state index contributed by atoms with van der Waals surface area (Å²) in [7, 11) is 0. The van der Waals surface area contributed by atoms with Crippen molar-refractivity contribution in [3.05, 3.63) is 170 Å². The van der Waals surface area contributed by atoms with Gasteiger partial charge < -0.3 is 4.42 Å². The van der Waals surface area contributed by atoms with Gasteiger partial charge >= 0.3 is 0 Å². The summed E-state index contributed by atoms with van der Waals surface area (Å²) in [5.74, 6) is 0. The summed E-state index contributed by atoms with van der Waals surface area (Å²) in [6.07, 6.45) is 0. The molecule has 0 unspecified atom stereocenters. The third-order valence-corrected chi connectivity index (χ3v) is 9.86. The average molecular weight is 597 g/mol. The molecular formula is C46H28O. The minimum absolute atomic E-state index is 0.910. The Morgan fingerprint density at radius 3 is 1.45 bits per heavy atom. The SMILES string of the molecule is c1ccc2c(-c3c4ccccc4c(-c4cccc5ccccc45)c4cc(-c5cccc6oc7ccccc7c56)ccc34)cccc2c1. The van der Waals surface area contributed by atoms with Gasteiger partial charge in [-0.1, -0.05) is 152 Å². The molecule has 0 aliphatic heterocycles. The van der Waals surface area contributed by atoms with E-state index < -0.39 is 0 Å². The topological polar surface area (TPSA) is 13.1 Å². The smallest absolute Gasteiger partial charge is 0.136 e. The quantitative estimate of drug-likeness (QED) is 0.185. The Bertz CT molecular complexity index is 2840. The van der Waals surface area contributed by atoms with Crippen LogP contribution in [-0.2, 0) is 0 Å². The van der Waals surface area contributed by atoms with Gasteiger partial charge in [0.25, 0.3) is 0 Å². The van der Waals surface area contributed by atoms with Gasteiger partial charge in [0.15, 0.2) is 0 Å². The standard InChI is InChI=1S/C46H28O/c1-3-16-32-29(12-1)14-9-22-35(32)44-37-18-5-6-19-38(37)45(36-23-10-15-30-13-2-4-17-33(30)36)41-28-31(26-27-39(41)44)34-21-11-25-43-46(34)40-20-7-8-24-42(40)47-43/h1-28H. The molecule has 9 aromatic carbocycles. The summed E-state index contributed by atoms with van der Waals surface area (Å²) in [6, 6.07) is 61.7. The van der Waals surface area contributed by atoms with Crippen molar-refractivity contribution in [2.24, 2.45) is 0 Å². The number of fused-ring (bicyclic) bond motifs is 7. The molecule has 218 valence electrons. The van der Waals surface area contributed by atoms with Gasteiger partial charge in [0, 0.05) is 10.8 Å². The van der Waals surface area contributed by atoms with Crippen LogP contribution in [0.1, 0.15) is 0 Å². The molecule has 0 bridgehead atoms. The molecule has 0 aliphatic rings. The Hall–Kier alpha value is -6.18. The highest BCUT2D eigenvalue weighted by Gasteiger charge is 2.21. The van der Waals surface area contributed by atoms with E-state index in [1.54, 1.807) is 0 Å². The number of benzene rings is 9. The summed E-state index contributed by atoms with van der Waals surface area (Å²) in [5, 5.41) is 12.3. The molecule has 10 rings (SSSR count). The molecule has 0 radical (unpaired) electrons. The Kier molecular flexibility index (Phi) is 5.64. The van der Waals surface area contributed by atoms with E-state index in [0.717, 1.165) is 21.9 Å². The van der Waals surface area contributed by atoms with Crippen LogP contribution in [0.5, 0.6) is 0 Å². The van der Waals surface area contributed by atoms with E-state index in [1.807, 2.05) is 6.07 Å². The van der Waals surface area contributed by atoms with Crippen LogP contribution in [0.25, 0.3) is 98.4 Å². The minimum Gasteiger partial charge on any atom is -0.456 e. The first-order chi connectivity index (χ1) is 23.3. The number of para-hydroxylation sites is 1. The van der Waals surface area contributed by atoms with E-state index >= 15 is 0 Å². The van der Waals surface area contributed by atoms with Crippen LogP contribution < -0.4 is 0 Å². The molecular weight excluding hydrogens is 569 g/mol. The summed E-state index contributed by atoms with van der Waals surface area (Å²) in [5.41, 5.74) is 9.22. The van der Waals surface area contributed by atoms with Gasteiger partial charge in [-0.15, -0.1) is 0 Å². The van der Waals surface area contributed by atoms with E-state index in [2.05, 4.69) is 164 Å². The van der Waals surface area contributed by atoms with Gasteiger partial charge in [0.05, 0.1) is 0 Å². The van der Waals surface area contributed by atoms with Crippen molar-refractivity contribution < 1.29 is 4.42 Å². The molecule has 1 heteroatoms. The van der Waals surface area contributed by atoms with Crippen molar-refractivity contribution >= 4 is 65.0 Å². The molecule has 0 fully saturated rings. The fraction of sp³-hybridized carbons (Fsp3) is 0. The number of rotatable bonds is 3. The van der Waals surface area contributed by atoms with Gasteiger partial charge in [-0.25, -0.2) is 0 Å². The molecule has 10 aromatic rings. The second-order valence-corrected chi connectivity index (χ2v) is 12.4. The van der Waals surface area contributed by atoms with Crippen molar-refractivity contribution in [2.45, 2.75) is 0 Å². The molecule has 1 heterocycles. The summed E-state index contributed by atoms with van der Waals surface area (Å²) < 4.78 is 6.32. The summed E-state index contributed by atoms with van der Waals surface area (Å²) in [4.78, 5) is 0. The predicted molar refractivity (Wildman–Crippen MR) is 200 cm³/mol. The zero-order valence-electron chi connectivity index (χ0n) is 25.6. The first-order valence-corrected chi connectivity index (χ1v) is 16.2. The normalized spacial score (nSPS) is 11.8. The van der Waals surface area contributed by atoms with Gasteiger partial charge in [-0.2, -0.15) is 0 Å². The molecule has 0 amide bonds. The van der Waals surface area contributed by atoms with E-state index in [0.29, 0.717) is 0 Å². The third kappa shape index (κ3) is 3.90. The van der Waals surface area contributed by atoms with Crippen molar-refractivity contribution in [2.75, 3.05) is 0 Å². The lowest BCUT2D eigenvalue weighted by molar-refractivity contribution is 0.669. The largest absolute Gasteiger partial charge is 0.456 e. The first kappa shape index (κ1) is 26.1. The maximum Gasteiger partial charge on any atom is 0.136 e. The number of hydrogen-bond acceptors (Lipinski definition) is 1. The molecule has 0 spiro atoms. The maximum absolute atomic E-state index is 6.32. The van der Waals surface area contributed by atoms with Gasteiger partial charge in [-0.3, -0.25) is 0 Å². The molecule has 0 saturated carbocycles. The first-order valence-electron chi connectivity index (χ1n) is 16.2. The lowest BCUT2D eigenvalue weighted by Gasteiger charge is -2.20. The van der Waals surface area contributed by atoms with Crippen LogP contribution in [0.4, 0.5) is 0 Å². The lowest BCUT2D eigenvalue weighted by Crippen LogP contribution is -1.93. The predicted octanol–water partition coefficient (Wildman–Crippen LogP) is 13.2. The average Bonchev–Trinajstić information content (AvgIpc) is 3.52. The van der Waals surface area contributed by atoms with E-state index in [-0.39, 0.29) is 0 Å². The Labute approximate surface area is 271 Å². The van der Waals surface area contributed by atoms with Gasteiger partial charge in [0.1, 0.15) is 11.2 Å². The monoisotopic (exact) mass is 596 g/mol. The Balaban J connectivity index is 1.39. The van der Waals surface area contributed by atoms with E-state index in [9.17, 15) is 0 Å². The number of hydrogen-bond donors (Lipinski definition) is 0. The summed E-state index contributed by atoms with van der Waals surface area (Å²) in [6.45, 7) is 0. The van der Waals surface area contributed by atoms with Crippen LogP contribution in [0.3, 0.4) is 0 Å². The second-order valence-electron chi connectivity index (χ2n) is 12.4. The number of furan rings is 1. The van der Waals surface area contributed by atoms with Crippen LogP contribution in [-0.4, -0.2) is 0 Å². The van der Waals surface area contributed by atoms with Gasteiger partial charge in [-0.05, 0) is 94.7 Å². The summed E-state index contributed by atoms with van der Waals surface area (Å²) >= 11 is 0. The zero-order chi connectivity index (χ0) is 30.9. The molecule has 0 aliphatic carbocycles. The van der Waals surface area contributed by atoms with E-state index in [1.165, 1.54) is 76.5 Å². The molecule has 1 aromatic heterocycles. The Morgan fingerprint density at radius 1 is 0.298 bits per heavy atom. The lowest BCUT2D eigenvalue weighted by atomic mass is 9.82. The fourth-order valence-corrected chi connectivity index (χ4v) is 7.83. The zero-order valence-corrected chi connectivity index (χ0v) is 25.6. The Morgan fingerprint density at radius 2 is 0.766 bits per heavy atom. The minimum atomic E-state index is 0.910. The third-order valence-electron chi connectivity index (χ3n) is 9.86. The van der Waals surface area contributed by atoms with Crippen molar-refractivity contribution in [3.63, 3.8) is 0 Å². The van der Waals surface area contributed by atoms with Crippen molar-refractivity contribution in [1.82, 2.24) is 0 Å². The highest BCUT2D eigenvalue weighted by Crippen LogP contribution is 2.48. The second kappa shape index (κ2) is 10.2. The highest BCUT2D eigenvalue weighted by molar-refractivity contribution is 6.26. The highest BCUT2D eigenvalue weighted by atomic mass is 16.3. The van der Waals surface area contributed by atoms with Crippen molar-refractivity contribution in [1.29, 1.82) is 0 Å². The van der Waals surface area contributed by atoms with Crippen LogP contribution >= 0.6 is 0 Å². The van der Waals surface area contributed by atoms with Gasteiger partial charge in [0.2, 0.25) is 0 Å². The van der Waals surface area contributed by atoms with E-state index in [4.69, 9.17) is 4.42 Å². The molecule has 1 nitrogen and oxygen atoms in total. The maximum atomic E-state index is 6.32. The van der Waals surface area contributed by atoms with Crippen LogP contribution in [0.15, 0.2) is 174 Å². The van der Waals surface area contributed by atoms with Crippen molar-refractivity contribution in [3.8, 4) is 33.4 Å². The van der Waals surface area contributed by atoms with Crippen LogP contribution in [0, 0.1) is 0 Å². The fourth-order valence-electron chi connectivity index (χ4n) is 7.83. The van der Waals surface area contributed by atoms with Crippen LogP contribution in [0.2, 0.25) is 0 Å². The molecule has 47 heavy (non-hydrogen) atoms. The molecule has 0 saturated heterocycles. The molecule has 0 atom stereocenters. The molecule has 0 N–H and O–H groups in total.